The first-order valence-electron chi connectivity index (χ1n) is 5.48. The second-order valence-electron chi connectivity index (χ2n) is 4.03. The van der Waals surface area contributed by atoms with Crippen LogP contribution >= 0.6 is 0 Å². The molecule has 0 aromatic rings. The fraction of sp³-hybridized carbons (Fsp3) is 1.00. The van der Waals surface area contributed by atoms with Crippen LogP contribution in [0.3, 0.4) is 0 Å². The van der Waals surface area contributed by atoms with E-state index in [9.17, 15) is 5.11 Å². The van der Waals surface area contributed by atoms with E-state index in [1.807, 2.05) is 27.7 Å². The second-order valence-corrected chi connectivity index (χ2v) is 4.03. The Morgan fingerprint density at radius 2 is 1.92 bits per heavy atom. The van der Waals surface area contributed by atoms with E-state index < -0.39 is 5.60 Å². The molecule has 80 valence electrons. The van der Waals surface area contributed by atoms with Gasteiger partial charge in [0, 0.05) is 12.5 Å². The summed E-state index contributed by atoms with van der Waals surface area (Å²) in [5.74, 6) is 0.474. The van der Waals surface area contributed by atoms with Gasteiger partial charge in [-0.3, -0.25) is 0 Å². The molecule has 0 aromatic carbocycles. The van der Waals surface area contributed by atoms with Crippen molar-refractivity contribution in [1.29, 1.82) is 0 Å². The summed E-state index contributed by atoms with van der Waals surface area (Å²) < 4.78 is 0. The summed E-state index contributed by atoms with van der Waals surface area (Å²) in [5, 5.41) is 9.70. The largest absolute Gasteiger partial charge is 0.390 e. The molecule has 2 nitrogen and oxygen atoms in total. The van der Waals surface area contributed by atoms with Gasteiger partial charge in [0.2, 0.25) is 0 Å². The molecule has 2 heteroatoms. The Hall–Kier alpha value is -0.0800. The van der Waals surface area contributed by atoms with E-state index in [4.69, 9.17) is 0 Å². The second kappa shape index (κ2) is 5.61. The Morgan fingerprint density at radius 3 is 2.15 bits per heavy atom. The number of rotatable bonds is 2. The third-order valence-electron chi connectivity index (χ3n) is 2.72. The van der Waals surface area contributed by atoms with Crippen molar-refractivity contribution in [2.24, 2.45) is 5.92 Å². The summed E-state index contributed by atoms with van der Waals surface area (Å²) in [6.07, 6.45) is 1.15. The van der Waals surface area contributed by atoms with Gasteiger partial charge in [0.1, 0.15) is 0 Å². The van der Waals surface area contributed by atoms with Gasteiger partial charge in [0.05, 0.1) is 5.60 Å². The van der Waals surface area contributed by atoms with E-state index in [0.717, 1.165) is 26.1 Å². The number of nitrogens with zero attached hydrogens (tertiary/aromatic N) is 1. The van der Waals surface area contributed by atoms with Crippen molar-refractivity contribution in [3.05, 3.63) is 0 Å². The van der Waals surface area contributed by atoms with E-state index in [2.05, 4.69) is 11.8 Å². The minimum absolute atomic E-state index is 0.474. The molecule has 0 aliphatic carbocycles. The maximum Gasteiger partial charge on any atom is 0.0632 e. The fourth-order valence-electron chi connectivity index (χ4n) is 1.70. The standard InChI is InChI=1S/C9H19NO.C2H6/c1-4-10-6-5-8(7-10)9(2,3)11;1-2/h8,11H,4-7H2,1-3H3;1-2H3. The van der Waals surface area contributed by atoms with Gasteiger partial charge in [-0.15, -0.1) is 0 Å². The summed E-state index contributed by atoms with van der Waals surface area (Å²) in [7, 11) is 0. The molecule has 1 aliphatic heterocycles. The zero-order chi connectivity index (χ0) is 10.5. The van der Waals surface area contributed by atoms with Crippen molar-refractivity contribution in [2.75, 3.05) is 19.6 Å². The Kier molecular flexibility index (Phi) is 5.57. The smallest absolute Gasteiger partial charge is 0.0632 e. The molecule has 0 spiro atoms. The van der Waals surface area contributed by atoms with Crippen LogP contribution < -0.4 is 0 Å². The molecule has 0 saturated carbocycles. The van der Waals surface area contributed by atoms with Crippen molar-refractivity contribution >= 4 is 0 Å². The average Bonchev–Trinajstić information content (AvgIpc) is 2.54. The van der Waals surface area contributed by atoms with Gasteiger partial charge in [-0.05, 0) is 33.4 Å². The molecular weight excluding hydrogens is 162 g/mol. The molecule has 1 rings (SSSR count). The highest BCUT2D eigenvalue weighted by Crippen LogP contribution is 2.26. The first kappa shape index (κ1) is 12.9. The summed E-state index contributed by atoms with van der Waals surface area (Å²) in [5.41, 5.74) is -0.482. The molecule has 1 saturated heterocycles. The van der Waals surface area contributed by atoms with Crippen LogP contribution in [0.2, 0.25) is 0 Å². The van der Waals surface area contributed by atoms with Crippen LogP contribution in [0.25, 0.3) is 0 Å². The molecule has 0 radical (unpaired) electrons. The number of likely N-dealkylation sites (tertiary alicyclic amines) is 1. The highest BCUT2D eigenvalue weighted by Gasteiger charge is 2.32. The Bertz CT molecular complexity index is 129. The van der Waals surface area contributed by atoms with Gasteiger partial charge in [0.25, 0.3) is 0 Å². The van der Waals surface area contributed by atoms with Gasteiger partial charge < -0.3 is 10.0 Å². The quantitative estimate of drug-likeness (QED) is 0.716. The van der Waals surface area contributed by atoms with E-state index in [1.165, 1.54) is 0 Å². The van der Waals surface area contributed by atoms with Crippen LogP contribution in [0.1, 0.15) is 41.0 Å². The normalized spacial score (nSPS) is 24.0. The minimum atomic E-state index is -0.482. The Balaban J connectivity index is 0.000000671. The SMILES string of the molecule is CC.CCN1CCC(C(C)(C)O)C1. The number of hydrogen-bond acceptors (Lipinski definition) is 2. The molecule has 1 unspecified atom stereocenters. The predicted molar refractivity (Wildman–Crippen MR) is 57.9 cm³/mol. The monoisotopic (exact) mass is 187 g/mol. The van der Waals surface area contributed by atoms with Crippen LogP contribution in [-0.2, 0) is 0 Å². The summed E-state index contributed by atoms with van der Waals surface area (Å²) >= 11 is 0. The van der Waals surface area contributed by atoms with E-state index >= 15 is 0 Å². The van der Waals surface area contributed by atoms with Crippen LogP contribution in [0, 0.1) is 5.92 Å². The molecule has 0 bridgehead atoms. The zero-order valence-electron chi connectivity index (χ0n) is 9.80. The van der Waals surface area contributed by atoms with Gasteiger partial charge in [-0.25, -0.2) is 0 Å². The van der Waals surface area contributed by atoms with E-state index in [1.54, 1.807) is 0 Å². The molecule has 1 N–H and O–H groups in total. The lowest BCUT2D eigenvalue weighted by Gasteiger charge is -2.25. The van der Waals surface area contributed by atoms with Gasteiger partial charge >= 0.3 is 0 Å². The topological polar surface area (TPSA) is 23.5 Å². The highest BCUT2D eigenvalue weighted by molar-refractivity contribution is 4.85. The third kappa shape index (κ3) is 4.10. The van der Waals surface area contributed by atoms with Gasteiger partial charge in [-0.1, -0.05) is 20.8 Å². The summed E-state index contributed by atoms with van der Waals surface area (Å²) in [4.78, 5) is 2.39. The maximum atomic E-state index is 9.70. The maximum absolute atomic E-state index is 9.70. The lowest BCUT2D eigenvalue weighted by atomic mass is 9.90. The molecule has 1 aliphatic rings. The van der Waals surface area contributed by atoms with Crippen molar-refractivity contribution in [2.45, 2.75) is 46.6 Å². The highest BCUT2D eigenvalue weighted by atomic mass is 16.3. The van der Waals surface area contributed by atoms with Crippen molar-refractivity contribution in [3.63, 3.8) is 0 Å². The lowest BCUT2D eigenvalue weighted by Crippen LogP contribution is -2.33. The number of aliphatic hydroxyl groups is 1. The van der Waals surface area contributed by atoms with Gasteiger partial charge in [0.15, 0.2) is 0 Å². The molecule has 1 fully saturated rings. The Morgan fingerprint density at radius 1 is 1.38 bits per heavy atom. The third-order valence-corrected chi connectivity index (χ3v) is 2.72. The van der Waals surface area contributed by atoms with E-state index in [0.29, 0.717) is 5.92 Å². The van der Waals surface area contributed by atoms with Crippen LogP contribution in [0.5, 0.6) is 0 Å². The minimum Gasteiger partial charge on any atom is -0.390 e. The Labute approximate surface area is 82.9 Å². The fourth-order valence-corrected chi connectivity index (χ4v) is 1.70. The van der Waals surface area contributed by atoms with Crippen LogP contribution in [0.4, 0.5) is 0 Å². The summed E-state index contributed by atoms with van der Waals surface area (Å²) in [6.45, 7) is 13.3. The van der Waals surface area contributed by atoms with Crippen LogP contribution in [-0.4, -0.2) is 35.2 Å². The van der Waals surface area contributed by atoms with Gasteiger partial charge in [-0.2, -0.15) is 0 Å². The molecule has 1 heterocycles. The lowest BCUT2D eigenvalue weighted by molar-refractivity contribution is 0.0213. The molecule has 0 amide bonds. The average molecular weight is 187 g/mol. The van der Waals surface area contributed by atoms with E-state index in [-0.39, 0.29) is 0 Å². The van der Waals surface area contributed by atoms with Crippen molar-refractivity contribution in [1.82, 2.24) is 4.90 Å². The van der Waals surface area contributed by atoms with Crippen molar-refractivity contribution in [3.8, 4) is 0 Å². The number of hydrogen-bond donors (Lipinski definition) is 1. The first-order chi connectivity index (χ1) is 6.04. The van der Waals surface area contributed by atoms with Crippen LogP contribution in [0.15, 0.2) is 0 Å². The molecular formula is C11H25NO. The first-order valence-corrected chi connectivity index (χ1v) is 5.48. The molecule has 1 atom stereocenters. The molecule has 0 aromatic heterocycles. The molecule has 13 heavy (non-hydrogen) atoms. The predicted octanol–water partition coefficient (Wildman–Crippen LogP) is 2.13. The zero-order valence-corrected chi connectivity index (χ0v) is 9.80. The van der Waals surface area contributed by atoms with Crippen molar-refractivity contribution < 1.29 is 5.11 Å². The summed E-state index contributed by atoms with van der Waals surface area (Å²) in [6, 6.07) is 0.